The first-order valence-electron chi connectivity index (χ1n) is 7.42. The van der Waals surface area contributed by atoms with E-state index in [0.717, 1.165) is 16.0 Å². The molecule has 24 heavy (non-hydrogen) atoms. The lowest BCUT2D eigenvalue weighted by Gasteiger charge is -2.06. The zero-order valence-electron chi connectivity index (χ0n) is 13.0. The number of nitrogens with zero attached hydrogens (tertiary/aromatic N) is 3. The summed E-state index contributed by atoms with van der Waals surface area (Å²) in [5.41, 5.74) is 0.231. The second-order valence-corrected chi connectivity index (χ2v) is 8.27. The van der Waals surface area contributed by atoms with Crippen molar-refractivity contribution in [3.8, 4) is 0 Å². The largest absolute Gasteiger partial charge is 0.277 e. The van der Waals surface area contributed by atoms with Crippen molar-refractivity contribution in [2.75, 3.05) is 6.54 Å². The van der Waals surface area contributed by atoms with Crippen LogP contribution in [0.2, 0.25) is 0 Å². The highest BCUT2D eigenvalue weighted by Gasteiger charge is 2.16. The van der Waals surface area contributed by atoms with Crippen molar-refractivity contribution in [2.45, 2.75) is 24.1 Å². The smallest absolute Gasteiger partial charge is 0.267 e. The number of hydrogen-bond donors (Lipinski definition) is 1. The second kappa shape index (κ2) is 6.80. The van der Waals surface area contributed by atoms with E-state index in [0.29, 0.717) is 10.9 Å². The van der Waals surface area contributed by atoms with E-state index < -0.39 is 10.0 Å². The standard InChI is InChI=1S/C15H16N4O3S2/c1-2-11-7-8-14(23-11)24(21,22)16-9-10-19-15(20)12-5-3-4-6-13(12)17-18-19/h3-8,16H,2,9-10H2,1H3. The number of sulfonamides is 1. The molecule has 1 aromatic carbocycles. The van der Waals surface area contributed by atoms with Gasteiger partial charge in [-0.05, 0) is 30.7 Å². The van der Waals surface area contributed by atoms with Gasteiger partial charge in [-0.2, -0.15) is 0 Å². The summed E-state index contributed by atoms with van der Waals surface area (Å²) in [6.45, 7) is 2.15. The summed E-state index contributed by atoms with van der Waals surface area (Å²) in [5, 5.41) is 8.26. The molecule has 0 atom stereocenters. The SMILES string of the molecule is CCc1ccc(S(=O)(=O)NCCn2nnc3ccccc3c2=O)s1. The lowest BCUT2D eigenvalue weighted by atomic mass is 10.2. The first kappa shape index (κ1) is 16.7. The van der Waals surface area contributed by atoms with Gasteiger partial charge in [-0.25, -0.2) is 17.8 Å². The van der Waals surface area contributed by atoms with Gasteiger partial charge in [-0.15, -0.1) is 16.4 Å². The fourth-order valence-corrected chi connectivity index (χ4v) is 4.58. The van der Waals surface area contributed by atoms with Crippen molar-refractivity contribution in [1.29, 1.82) is 0 Å². The van der Waals surface area contributed by atoms with Gasteiger partial charge in [0.1, 0.15) is 9.73 Å². The van der Waals surface area contributed by atoms with Crippen LogP contribution in [0.1, 0.15) is 11.8 Å². The Morgan fingerprint density at radius 1 is 1.21 bits per heavy atom. The zero-order valence-corrected chi connectivity index (χ0v) is 14.6. The van der Waals surface area contributed by atoms with Gasteiger partial charge in [0.15, 0.2) is 0 Å². The molecule has 3 aromatic rings. The minimum atomic E-state index is -3.57. The molecular formula is C15H16N4O3S2. The molecule has 126 valence electrons. The summed E-state index contributed by atoms with van der Waals surface area (Å²) in [7, 11) is -3.57. The molecule has 0 aliphatic heterocycles. The van der Waals surface area contributed by atoms with Crippen LogP contribution < -0.4 is 10.3 Å². The minimum absolute atomic E-state index is 0.0641. The monoisotopic (exact) mass is 364 g/mol. The molecule has 0 saturated carbocycles. The molecule has 0 unspecified atom stereocenters. The highest BCUT2D eigenvalue weighted by Crippen LogP contribution is 2.21. The van der Waals surface area contributed by atoms with Crippen LogP contribution in [0.4, 0.5) is 0 Å². The summed E-state index contributed by atoms with van der Waals surface area (Å²) in [4.78, 5) is 13.3. The maximum Gasteiger partial charge on any atom is 0.277 e. The summed E-state index contributed by atoms with van der Waals surface area (Å²) in [6.07, 6.45) is 0.794. The molecule has 3 rings (SSSR count). The molecule has 0 aliphatic rings. The number of thiophene rings is 1. The van der Waals surface area contributed by atoms with Gasteiger partial charge in [0, 0.05) is 11.4 Å². The molecule has 7 nitrogen and oxygen atoms in total. The van der Waals surface area contributed by atoms with Gasteiger partial charge in [-0.1, -0.05) is 24.3 Å². The van der Waals surface area contributed by atoms with Gasteiger partial charge in [0.25, 0.3) is 5.56 Å². The van der Waals surface area contributed by atoms with Gasteiger partial charge < -0.3 is 0 Å². The van der Waals surface area contributed by atoms with Crippen LogP contribution in [0.25, 0.3) is 10.9 Å². The Labute approximate surface area is 143 Å². The molecule has 2 heterocycles. The zero-order chi connectivity index (χ0) is 17.2. The number of nitrogens with one attached hydrogen (secondary N) is 1. The maximum atomic E-state index is 12.3. The lowest BCUT2D eigenvalue weighted by Crippen LogP contribution is -2.32. The lowest BCUT2D eigenvalue weighted by molar-refractivity contribution is 0.532. The van der Waals surface area contributed by atoms with Crippen molar-refractivity contribution in [2.24, 2.45) is 0 Å². The summed E-state index contributed by atoms with van der Waals surface area (Å²) >= 11 is 1.24. The summed E-state index contributed by atoms with van der Waals surface area (Å²) < 4.78 is 28.4. The third kappa shape index (κ3) is 3.37. The highest BCUT2D eigenvalue weighted by atomic mass is 32.2. The second-order valence-electron chi connectivity index (χ2n) is 5.11. The Hall–Kier alpha value is -2.10. The molecular weight excluding hydrogens is 348 g/mol. The van der Waals surface area contributed by atoms with Crippen LogP contribution in [0.5, 0.6) is 0 Å². The third-order valence-corrected chi connectivity index (χ3v) is 6.68. The minimum Gasteiger partial charge on any atom is -0.267 e. The molecule has 0 saturated heterocycles. The first-order chi connectivity index (χ1) is 11.5. The van der Waals surface area contributed by atoms with E-state index in [-0.39, 0.29) is 22.9 Å². The van der Waals surface area contributed by atoms with Crippen LogP contribution in [0.15, 0.2) is 45.4 Å². The normalized spacial score (nSPS) is 11.9. The van der Waals surface area contributed by atoms with E-state index in [9.17, 15) is 13.2 Å². The Morgan fingerprint density at radius 2 is 2.00 bits per heavy atom. The molecule has 0 bridgehead atoms. The van der Waals surface area contributed by atoms with Crippen molar-refractivity contribution < 1.29 is 8.42 Å². The molecule has 0 spiro atoms. The Morgan fingerprint density at radius 3 is 2.75 bits per heavy atom. The van der Waals surface area contributed by atoms with Gasteiger partial charge in [0.05, 0.1) is 11.9 Å². The Bertz CT molecular complexity index is 1020. The summed E-state index contributed by atoms with van der Waals surface area (Å²) in [6, 6.07) is 10.3. The van der Waals surface area contributed by atoms with Crippen molar-refractivity contribution in [3.05, 3.63) is 51.6 Å². The topological polar surface area (TPSA) is 93.9 Å². The van der Waals surface area contributed by atoms with Crippen LogP contribution in [0.3, 0.4) is 0 Å². The van der Waals surface area contributed by atoms with Crippen molar-refractivity contribution in [3.63, 3.8) is 0 Å². The van der Waals surface area contributed by atoms with Gasteiger partial charge in [0.2, 0.25) is 10.0 Å². The van der Waals surface area contributed by atoms with Crippen molar-refractivity contribution >= 4 is 32.3 Å². The molecule has 0 aliphatic carbocycles. The predicted molar refractivity (Wildman–Crippen MR) is 92.7 cm³/mol. The van der Waals surface area contributed by atoms with Crippen LogP contribution in [0, 0.1) is 0 Å². The molecule has 0 fully saturated rings. The first-order valence-corrected chi connectivity index (χ1v) is 9.72. The Kier molecular flexibility index (Phi) is 4.74. The molecule has 9 heteroatoms. The van der Waals surface area contributed by atoms with Gasteiger partial charge in [-0.3, -0.25) is 4.79 Å². The van der Waals surface area contributed by atoms with E-state index in [1.165, 1.54) is 11.3 Å². The summed E-state index contributed by atoms with van der Waals surface area (Å²) in [5.74, 6) is 0. The predicted octanol–water partition coefficient (Wildman–Crippen LogP) is 1.39. The van der Waals surface area contributed by atoms with E-state index in [4.69, 9.17) is 0 Å². The van der Waals surface area contributed by atoms with E-state index in [1.807, 2.05) is 6.92 Å². The number of aryl methyl sites for hydroxylation is 1. The number of benzene rings is 1. The third-order valence-electron chi connectivity index (χ3n) is 3.50. The fourth-order valence-electron chi connectivity index (χ4n) is 2.22. The maximum absolute atomic E-state index is 12.3. The number of aromatic nitrogens is 3. The highest BCUT2D eigenvalue weighted by molar-refractivity contribution is 7.91. The van der Waals surface area contributed by atoms with Crippen LogP contribution in [-0.4, -0.2) is 30.0 Å². The van der Waals surface area contributed by atoms with E-state index >= 15 is 0 Å². The fraction of sp³-hybridized carbons (Fsp3) is 0.267. The van der Waals surface area contributed by atoms with Gasteiger partial charge >= 0.3 is 0 Å². The van der Waals surface area contributed by atoms with E-state index in [1.54, 1.807) is 36.4 Å². The van der Waals surface area contributed by atoms with Crippen LogP contribution >= 0.6 is 11.3 Å². The number of hydrogen-bond acceptors (Lipinski definition) is 6. The quantitative estimate of drug-likeness (QED) is 0.713. The average Bonchev–Trinajstić information content (AvgIpc) is 3.07. The Balaban J connectivity index is 1.72. The number of fused-ring (bicyclic) bond motifs is 1. The molecule has 0 amide bonds. The molecule has 0 radical (unpaired) electrons. The number of rotatable bonds is 6. The van der Waals surface area contributed by atoms with Crippen LogP contribution in [-0.2, 0) is 23.0 Å². The molecule has 1 N–H and O–H groups in total. The average molecular weight is 364 g/mol. The van der Waals surface area contributed by atoms with Crippen molar-refractivity contribution in [1.82, 2.24) is 19.7 Å². The molecule has 2 aromatic heterocycles. The van der Waals surface area contributed by atoms with E-state index in [2.05, 4.69) is 15.0 Å².